The van der Waals surface area contributed by atoms with Crippen LogP contribution in [0.5, 0.6) is 0 Å². The van der Waals surface area contributed by atoms with E-state index in [0.29, 0.717) is 6.54 Å². The van der Waals surface area contributed by atoms with Gasteiger partial charge in [0.25, 0.3) is 0 Å². The van der Waals surface area contributed by atoms with Crippen molar-refractivity contribution >= 4 is 11.9 Å². The molecule has 5 nitrogen and oxygen atoms in total. The van der Waals surface area contributed by atoms with Crippen molar-refractivity contribution in [2.75, 3.05) is 13.6 Å². The average Bonchev–Trinajstić information content (AvgIpc) is 2.03. The monoisotopic (exact) mass is 188 g/mol. The van der Waals surface area contributed by atoms with Gasteiger partial charge >= 0.3 is 5.97 Å². The largest absolute Gasteiger partial charge is 0.480 e. The Hall–Kier alpha value is -1.10. The summed E-state index contributed by atoms with van der Waals surface area (Å²) in [6, 6.07) is 0. The number of nitrogens with one attached hydrogen (secondary N) is 2. The standard InChI is InChI=1S/C8H16N2O3/c1-8(2,7(12)13)10-5-4-6(11)9-3/h10H,4-5H2,1-3H3,(H,9,11)(H,12,13). The molecule has 0 aromatic rings. The molecule has 0 saturated carbocycles. The van der Waals surface area contributed by atoms with Gasteiger partial charge in [-0.1, -0.05) is 0 Å². The quantitative estimate of drug-likeness (QED) is 0.547. The number of carbonyl (C=O) groups excluding carboxylic acids is 1. The molecule has 0 spiro atoms. The SMILES string of the molecule is CNC(=O)CCNC(C)(C)C(=O)O. The molecule has 0 fully saturated rings. The number of aliphatic carboxylic acids is 1. The van der Waals surface area contributed by atoms with Crippen molar-refractivity contribution in [3.8, 4) is 0 Å². The van der Waals surface area contributed by atoms with Crippen LogP contribution in [0.15, 0.2) is 0 Å². The van der Waals surface area contributed by atoms with Gasteiger partial charge in [-0.2, -0.15) is 0 Å². The number of carboxylic acids is 1. The number of carboxylic acid groups (broad SMARTS) is 1. The second kappa shape index (κ2) is 4.81. The summed E-state index contributed by atoms with van der Waals surface area (Å²) in [4.78, 5) is 21.4. The molecule has 0 radical (unpaired) electrons. The first-order valence-corrected chi connectivity index (χ1v) is 4.09. The number of hydrogen-bond acceptors (Lipinski definition) is 3. The van der Waals surface area contributed by atoms with Crippen molar-refractivity contribution in [3.05, 3.63) is 0 Å². The van der Waals surface area contributed by atoms with Crippen molar-refractivity contribution in [2.24, 2.45) is 0 Å². The zero-order chi connectivity index (χ0) is 10.5. The molecule has 13 heavy (non-hydrogen) atoms. The molecular weight excluding hydrogens is 172 g/mol. The number of carbonyl (C=O) groups is 2. The molecule has 0 aliphatic carbocycles. The van der Waals surface area contributed by atoms with Crippen LogP contribution in [0.25, 0.3) is 0 Å². The Kier molecular flexibility index (Phi) is 4.40. The zero-order valence-corrected chi connectivity index (χ0v) is 8.18. The second-order valence-electron chi connectivity index (χ2n) is 3.28. The summed E-state index contributed by atoms with van der Waals surface area (Å²) in [6.45, 7) is 3.47. The van der Waals surface area contributed by atoms with Crippen molar-refractivity contribution in [1.29, 1.82) is 0 Å². The first kappa shape index (κ1) is 11.9. The van der Waals surface area contributed by atoms with Crippen molar-refractivity contribution < 1.29 is 14.7 Å². The average molecular weight is 188 g/mol. The smallest absolute Gasteiger partial charge is 0.323 e. The summed E-state index contributed by atoms with van der Waals surface area (Å²) in [7, 11) is 1.55. The van der Waals surface area contributed by atoms with Crippen LogP contribution in [-0.2, 0) is 9.59 Å². The lowest BCUT2D eigenvalue weighted by Crippen LogP contribution is -2.47. The van der Waals surface area contributed by atoms with Crippen molar-refractivity contribution in [1.82, 2.24) is 10.6 Å². The molecule has 76 valence electrons. The fourth-order valence-electron chi connectivity index (χ4n) is 0.689. The Balaban J connectivity index is 3.76. The molecule has 1 amide bonds. The van der Waals surface area contributed by atoms with E-state index in [-0.39, 0.29) is 12.3 Å². The Morgan fingerprint density at radius 1 is 1.38 bits per heavy atom. The molecule has 0 atom stereocenters. The van der Waals surface area contributed by atoms with Crippen LogP contribution in [-0.4, -0.2) is 36.1 Å². The van der Waals surface area contributed by atoms with Crippen LogP contribution in [0.1, 0.15) is 20.3 Å². The maximum atomic E-state index is 10.8. The third-order valence-electron chi connectivity index (χ3n) is 1.73. The topological polar surface area (TPSA) is 78.4 Å². The molecule has 0 bridgehead atoms. The third kappa shape index (κ3) is 4.47. The molecule has 5 heteroatoms. The van der Waals surface area contributed by atoms with E-state index in [4.69, 9.17) is 5.11 Å². The van der Waals surface area contributed by atoms with Gasteiger partial charge in [-0.15, -0.1) is 0 Å². The molecule has 0 aliphatic heterocycles. The van der Waals surface area contributed by atoms with E-state index in [1.807, 2.05) is 0 Å². The molecule has 0 saturated heterocycles. The summed E-state index contributed by atoms with van der Waals surface area (Å²) in [6.07, 6.45) is 0.285. The van der Waals surface area contributed by atoms with Crippen LogP contribution in [0, 0.1) is 0 Å². The molecule has 0 rings (SSSR count). The summed E-state index contributed by atoms with van der Waals surface area (Å²) < 4.78 is 0. The van der Waals surface area contributed by atoms with Gasteiger partial charge in [0.1, 0.15) is 5.54 Å². The molecular formula is C8H16N2O3. The molecule has 3 N–H and O–H groups in total. The van der Waals surface area contributed by atoms with Crippen LogP contribution < -0.4 is 10.6 Å². The lowest BCUT2D eigenvalue weighted by Gasteiger charge is -2.20. The Labute approximate surface area is 77.5 Å². The van der Waals surface area contributed by atoms with E-state index in [9.17, 15) is 9.59 Å². The van der Waals surface area contributed by atoms with E-state index < -0.39 is 11.5 Å². The minimum atomic E-state index is -0.978. The van der Waals surface area contributed by atoms with Crippen LogP contribution in [0.2, 0.25) is 0 Å². The Bertz CT molecular complexity index is 202. The highest BCUT2D eigenvalue weighted by molar-refractivity contribution is 5.78. The summed E-state index contributed by atoms with van der Waals surface area (Å²) >= 11 is 0. The van der Waals surface area contributed by atoms with Crippen molar-refractivity contribution in [2.45, 2.75) is 25.8 Å². The number of hydrogen-bond donors (Lipinski definition) is 3. The van der Waals surface area contributed by atoms with Gasteiger partial charge in [-0.3, -0.25) is 9.59 Å². The van der Waals surface area contributed by atoms with Gasteiger partial charge in [0.05, 0.1) is 0 Å². The molecule has 0 aromatic carbocycles. The van der Waals surface area contributed by atoms with Gasteiger partial charge in [-0.25, -0.2) is 0 Å². The Morgan fingerprint density at radius 2 is 1.92 bits per heavy atom. The maximum absolute atomic E-state index is 10.8. The predicted octanol–water partition coefficient (Wildman–Crippen LogP) is -0.425. The maximum Gasteiger partial charge on any atom is 0.323 e. The fourth-order valence-corrected chi connectivity index (χ4v) is 0.689. The van der Waals surface area contributed by atoms with E-state index in [1.165, 1.54) is 0 Å². The first-order chi connectivity index (χ1) is 5.90. The first-order valence-electron chi connectivity index (χ1n) is 4.09. The summed E-state index contributed by atoms with van der Waals surface area (Å²) in [5, 5.41) is 13.9. The van der Waals surface area contributed by atoms with E-state index >= 15 is 0 Å². The lowest BCUT2D eigenvalue weighted by molar-refractivity contribution is -0.143. The molecule has 0 unspecified atom stereocenters. The normalized spacial score (nSPS) is 11.0. The summed E-state index contributed by atoms with van der Waals surface area (Å²) in [5.74, 6) is -1.03. The zero-order valence-electron chi connectivity index (χ0n) is 8.18. The van der Waals surface area contributed by atoms with Gasteiger partial charge in [0.15, 0.2) is 0 Å². The second-order valence-corrected chi connectivity index (χ2v) is 3.28. The van der Waals surface area contributed by atoms with E-state index in [1.54, 1.807) is 20.9 Å². The van der Waals surface area contributed by atoms with Crippen molar-refractivity contribution in [3.63, 3.8) is 0 Å². The third-order valence-corrected chi connectivity index (χ3v) is 1.73. The van der Waals surface area contributed by atoms with Gasteiger partial charge in [-0.05, 0) is 13.8 Å². The molecule has 0 aromatic heterocycles. The number of rotatable bonds is 5. The van der Waals surface area contributed by atoms with E-state index in [2.05, 4.69) is 10.6 Å². The van der Waals surface area contributed by atoms with Gasteiger partial charge in [0, 0.05) is 20.0 Å². The highest BCUT2D eigenvalue weighted by Gasteiger charge is 2.25. The van der Waals surface area contributed by atoms with Crippen LogP contribution >= 0.6 is 0 Å². The summed E-state index contributed by atoms with van der Waals surface area (Å²) in [5.41, 5.74) is -0.978. The van der Waals surface area contributed by atoms with Gasteiger partial charge in [0.2, 0.25) is 5.91 Å². The highest BCUT2D eigenvalue weighted by Crippen LogP contribution is 2.00. The molecule has 0 heterocycles. The molecule has 0 aliphatic rings. The van der Waals surface area contributed by atoms with Crippen LogP contribution in [0.4, 0.5) is 0 Å². The highest BCUT2D eigenvalue weighted by atomic mass is 16.4. The van der Waals surface area contributed by atoms with E-state index in [0.717, 1.165) is 0 Å². The predicted molar refractivity (Wildman–Crippen MR) is 48.4 cm³/mol. The fraction of sp³-hybridized carbons (Fsp3) is 0.750. The minimum Gasteiger partial charge on any atom is -0.480 e. The number of amides is 1. The lowest BCUT2D eigenvalue weighted by atomic mass is 10.1. The van der Waals surface area contributed by atoms with Crippen LogP contribution in [0.3, 0.4) is 0 Å². The Morgan fingerprint density at radius 3 is 2.31 bits per heavy atom. The minimum absolute atomic E-state index is 0.103. The van der Waals surface area contributed by atoms with Gasteiger partial charge < -0.3 is 15.7 Å².